The minimum Gasteiger partial charge on any atom is -0.434 e. The highest BCUT2D eigenvalue weighted by Crippen LogP contribution is 2.24. The maximum Gasteiger partial charge on any atom is 0.258 e. The van der Waals surface area contributed by atoms with Gasteiger partial charge in [-0.1, -0.05) is 12.1 Å². The molecule has 0 spiro atoms. The van der Waals surface area contributed by atoms with E-state index in [2.05, 4.69) is 14.3 Å². The van der Waals surface area contributed by atoms with E-state index in [0.29, 0.717) is 5.89 Å². The fourth-order valence-corrected chi connectivity index (χ4v) is 1.95. The van der Waals surface area contributed by atoms with Crippen molar-refractivity contribution in [2.45, 2.75) is 6.92 Å². The Kier molecular flexibility index (Phi) is 1.78. The van der Waals surface area contributed by atoms with E-state index in [-0.39, 0.29) is 0 Å². The lowest BCUT2D eigenvalue weighted by Gasteiger charge is -1.82. The second-order valence-corrected chi connectivity index (χ2v) is 3.89. The Morgan fingerprint density at radius 1 is 1.20 bits per heavy atom. The topological polar surface area (TPSA) is 51.8 Å². The van der Waals surface area contributed by atoms with Crippen LogP contribution in [0.4, 0.5) is 0 Å². The molecule has 0 fully saturated rings. The molecule has 0 saturated carbocycles. The van der Waals surface area contributed by atoms with E-state index < -0.39 is 0 Å². The molecule has 3 aromatic rings. The monoisotopic (exact) mass is 217 g/mol. The van der Waals surface area contributed by atoms with Crippen LogP contribution in [0.15, 0.2) is 28.7 Å². The molecule has 4 nitrogen and oxygen atoms in total. The Balaban J connectivity index is 2.19. The Morgan fingerprint density at radius 2 is 2.07 bits per heavy atom. The standard InChI is InChI=1S/C10H7N3OS/c1-6-11-10(15-13-6)9-12-7-4-2-3-5-8(7)14-9/h2-5H,1H3. The van der Waals surface area contributed by atoms with Gasteiger partial charge in [-0.15, -0.1) is 0 Å². The van der Waals surface area contributed by atoms with Crippen molar-refractivity contribution in [1.29, 1.82) is 0 Å². The molecular formula is C10H7N3OS. The number of aryl methyl sites for hydroxylation is 1. The van der Waals surface area contributed by atoms with Gasteiger partial charge in [0.15, 0.2) is 10.6 Å². The van der Waals surface area contributed by atoms with E-state index in [4.69, 9.17) is 4.42 Å². The van der Waals surface area contributed by atoms with E-state index in [0.717, 1.165) is 21.9 Å². The average Bonchev–Trinajstić information content (AvgIpc) is 2.82. The van der Waals surface area contributed by atoms with Crippen LogP contribution >= 0.6 is 11.5 Å². The van der Waals surface area contributed by atoms with Crippen molar-refractivity contribution in [2.24, 2.45) is 0 Å². The zero-order valence-electron chi connectivity index (χ0n) is 7.97. The van der Waals surface area contributed by atoms with Crippen molar-refractivity contribution >= 4 is 22.6 Å². The summed E-state index contributed by atoms with van der Waals surface area (Å²) in [7, 11) is 0. The maximum atomic E-state index is 5.56. The Morgan fingerprint density at radius 3 is 2.80 bits per heavy atom. The first-order valence-corrected chi connectivity index (χ1v) is 5.26. The molecule has 5 heteroatoms. The van der Waals surface area contributed by atoms with E-state index in [1.165, 1.54) is 11.5 Å². The minimum atomic E-state index is 0.543. The average molecular weight is 217 g/mol. The summed E-state index contributed by atoms with van der Waals surface area (Å²) < 4.78 is 9.66. The van der Waals surface area contributed by atoms with Gasteiger partial charge >= 0.3 is 0 Å². The van der Waals surface area contributed by atoms with Gasteiger partial charge in [-0.05, 0) is 30.6 Å². The number of nitrogens with zero attached hydrogens (tertiary/aromatic N) is 3. The normalized spacial score (nSPS) is 11.0. The Bertz CT molecular complexity index is 581. The molecule has 0 unspecified atom stereocenters. The third-order valence-electron chi connectivity index (χ3n) is 2.00. The summed E-state index contributed by atoms with van der Waals surface area (Å²) >= 11 is 1.30. The van der Waals surface area contributed by atoms with Crippen molar-refractivity contribution in [3.8, 4) is 10.9 Å². The summed E-state index contributed by atoms with van der Waals surface area (Å²) in [5.74, 6) is 1.29. The van der Waals surface area contributed by atoms with Gasteiger partial charge in [-0.3, -0.25) is 0 Å². The predicted molar refractivity (Wildman–Crippen MR) is 57.6 cm³/mol. The molecule has 15 heavy (non-hydrogen) atoms. The van der Waals surface area contributed by atoms with Crippen LogP contribution < -0.4 is 0 Å². The van der Waals surface area contributed by atoms with Gasteiger partial charge < -0.3 is 4.42 Å². The molecule has 0 radical (unpaired) electrons. The molecule has 74 valence electrons. The molecule has 0 bridgehead atoms. The largest absolute Gasteiger partial charge is 0.434 e. The van der Waals surface area contributed by atoms with E-state index in [1.54, 1.807) is 0 Å². The number of rotatable bonds is 1. The molecule has 2 aromatic heterocycles. The van der Waals surface area contributed by atoms with Gasteiger partial charge in [0.05, 0.1) is 0 Å². The van der Waals surface area contributed by atoms with Gasteiger partial charge in [0, 0.05) is 0 Å². The number of oxazole rings is 1. The number of hydrogen-bond donors (Lipinski definition) is 0. The van der Waals surface area contributed by atoms with Crippen LogP contribution in [0, 0.1) is 6.92 Å². The molecule has 0 saturated heterocycles. The summed E-state index contributed by atoms with van der Waals surface area (Å²) in [5.41, 5.74) is 1.63. The van der Waals surface area contributed by atoms with Crippen LogP contribution in [0.1, 0.15) is 5.82 Å². The quantitative estimate of drug-likeness (QED) is 0.628. The van der Waals surface area contributed by atoms with Crippen LogP contribution in [0.2, 0.25) is 0 Å². The van der Waals surface area contributed by atoms with E-state index in [9.17, 15) is 0 Å². The SMILES string of the molecule is Cc1nsc(-c2nc3ccccc3o2)n1. The predicted octanol–water partition coefficient (Wildman–Crippen LogP) is 2.65. The first-order valence-electron chi connectivity index (χ1n) is 4.49. The number of para-hydroxylation sites is 2. The fourth-order valence-electron chi connectivity index (χ4n) is 1.35. The van der Waals surface area contributed by atoms with Crippen LogP contribution in [-0.4, -0.2) is 14.3 Å². The van der Waals surface area contributed by atoms with Gasteiger partial charge in [-0.2, -0.15) is 4.37 Å². The van der Waals surface area contributed by atoms with Gasteiger partial charge in [-0.25, -0.2) is 9.97 Å². The Labute approximate surface area is 89.8 Å². The van der Waals surface area contributed by atoms with Crippen molar-refractivity contribution in [2.75, 3.05) is 0 Å². The second-order valence-electron chi connectivity index (χ2n) is 3.13. The van der Waals surface area contributed by atoms with Crippen molar-refractivity contribution in [3.63, 3.8) is 0 Å². The van der Waals surface area contributed by atoms with Crippen molar-refractivity contribution in [3.05, 3.63) is 30.1 Å². The van der Waals surface area contributed by atoms with Gasteiger partial charge in [0.25, 0.3) is 5.89 Å². The third kappa shape index (κ3) is 1.41. The molecule has 1 aromatic carbocycles. The highest BCUT2D eigenvalue weighted by atomic mass is 32.1. The lowest BCUT2D eigenvalue weighted by molar-refractivity contribution is 0.619. The molecule has 3 rings (SSSR count). The lowest BCUT2D eigenvalue weighted by atomic mass is 10.3. The summed E-state index contributed by atoms with van der Waals surface area (Å²) in [6.07, 6.45) is 0. The first kappa shape index (κ1) is 8.55. The first-order chi connectivity index (χ1) is 7.33. The molecule has 0 N–H and O–H groups in total. The molecule has 0 aliphatic heterocycles. The zero-order valence-corrected chi connectivity index (χ0v) is 8.78. The minimum absolute atomic E-state index is 0.543. The molecule has 2 heterocycles. The van der Waals surface area contributed by atoms with Crippen LogP contribution in [0.25, 0.3) is 22.0 Å². The molecule has 0 aliphatic rings. The molecule has 0 amide bonds. The summed E-state index contributed by atoms with van der Waals surface area (Å²) in [4.78, 5) is 8.56. The van der Waals surface area contributed by atoms with Crippen LogP contribution in [0.3, 0.4) is 0 Å². The maximum absolute atomic E-state index is 5.56. The number of hydrogen-bond acceptors (Lipinski definition) is 5. The highest BCUT2D eigenvalue weighted by Gasteiger charge is 2.11. The third-order valence-corrected chi connectivity index (χ3v) is 2.80. The molecule has 0 aliphatic carbocycles. The summed E-state index contributed by atoms with van der Waals surface area (Å²) in [6.45, 7) is 1.85. The highest BCUT2D eigenvalue weighted by molar-refractivity contribution is 7.09. The molecule has 0 atom stereocenters. The van der Waals surface area contributed by atoms with Crippen LogP contribution in [-0.2, 0) is 0 Å². The number of aromatic nitrogens is 3. The second kappa shape index (κ2) is 3.13. The smallest absolute Gasteiger partial charge is 0.258 e. The lowest BCUT2D eigenvalue weighted by Crippen LogP contribution is -1.75. The Hall–Kier alpha value is -1.75. The summed E-state index contributed by atoms with van der Waals surface area (Å²) in [6, 6.07) is 7.65. The number of fused-ring (bicyclic) bond motifs is 1. The van der Waals surface area contributed by atoms with Crippen molar-refractivity contribution in [1.82, 2.24) is 14.3 Å². The molecular weight excluding hydrogens is 210 g/mol. The number of benzene rings is 1. The van der Waals surface area contributed by atoms with Crippen LogP contribution in [0.5, 0.6) is 0 Å². The zero-order chi connectivity index (χ0) is 10.3. The van der Waals surface area contributed by atoms with E-state index >= 15 is 0 Å². The van der Waals surface area contributed by atoms with E-state index in [1.807, 2.05) is 31.2 Å². The summed E-state index contributed by atoms with van der Waals surface area (Å²) in [5, 5.41) is 0.726. The fraction of sp³-hybridized carbons (Fsp3) is 0.100. The van der Waals surface area contributed by atoms with Gasteiger partial charge in [0.2, 0.25) is 0 Å². The van der Waals surface area contributed by atoms with Crippen molar-refractivity contribution < 1.29 is 4.42 Å². The van der Waals surface area contributed by atoms with Gasteiger partial charge in [0.1, 0.15) is 11.3 Å².